The monoisotopic (exact) mass is 226 g/mol. The predicted octanol–water partition coefficient (Wildman–Crippen LogP) is 0.884. The summed E-state index contributed by atoms with van der Waals surface area (Å²) in [7, 11) is 3.70. The van der Waals surface area contributed by atoms with Gasteiger partial charge in [-0.2, -0.15) is 0 Å². The summed E-state index contributed by atoms with van der Waals surface area (Å²) in [5, 5.41) is 11.6. The highest BCUT2D eigenvalue weighted by molar-refractivity contribution is 4.92. The van der Waals surface area contributed by atoms with Gasteiger partial charge in [0.25, 0.3) is 0 Å². The Balaban J connectivity index is 2.52. The summed E-state index contributed by atoms with van der Waals surface area (Å²) in [6.07, 6.45) is 0. The van der Waals surface area contributed by atoms with Gasteiger partial charge in [-0.25, -0.2) is 0 Å². The molecule has 0 saturated heterocycles. The quantitative estimate of drug-likeness (QED) is 0.782. The number of aryl methyl sites for hydroxylation is 1. The van der Waals surface area contributed by atoms with Gasteiger partial charge >= 0.3 is 0 Å². The second kappa shape index (κ2) is 5.96. The average molecular weight is 226 g/mol. The minimum absolute atomic E-state index is 0.349. The molecule has 0 saturated carbocycles. The van der Waals surface area contributed by atoms with E-state index in [1.807, 2.05) is 18.5 Å². The third-order valence-electron chi connectivity index (χ3n) is 2.86. The van der Waals surface area contributed by atoms with Crippen molar-refractivity contribution in [2.45, 2.75) is 33.4 Å². The molecule has 16 heavy (non-hydrogen) atoms. The summed E-state index contributed by atoms with van der Waals surface area (Å²) in [6, 6.07) is 0.349. The molecule has 0 aromatic carbocycles. The summed E-state index contributed by atoms with van der Waals surface area (Å²) in [6.45, 7) is 7.75. The lowest BCUT2D eigenvalue weighted by Crippen LogP contribution is -2.37. The van der Waals surface area contributed by atoms with E-state index in [0.29, 0.717) is 18.6 Å². The van der Waals surface area contributed by atoms with Crippen molar-refractivity contribution < 1.29 is 4.74 Å². The zero-order valence-electron chi connectivity index (χ0n) is 10.8. The first-order valence-corrected chi connectivity index (χ1v) is 5.63. The lowest BCUT2D eigenvalue weighted by Gasteiger charge is -2.21. The Bertz CT molecular complexity index is 322. The standard InChI is InChI=1S/C11H22N4O/c1-8(2)10(7-16-5)12-6-11-14-13-9(3)15(11)4/h8,10,12H,6-7H2,1-5H3. The predicted molar refractivity (Wildman–Crippen MR) is 63.1 cm³/mol. The highest BCUT2D eigenvalue weighted by Crippen LogP contribution is 2.04. The van der Waals surface area contributed by atoms with Gasteiger partial charge in [-0.3, -0.25) is 0 Å². The van der Waals surface area contributed by atoms with Gasteiger partial charge < -0.3 is 14.6 Å². The van der Waals surface area contributed by atoms with Gasteiger partial charge in [0.15, 0.2) is 0 Å². The largest absolute Gasteiger partial charge is 0.383 e. The zero-order valence-corrected chi connectivity index (χ0v) is 10.8. The van der Waals surface area contributed by atoms with Crippen molar-refractivity contribution in [3.63, 3.8) is 0 Å². The average Bonchev–Trinajstić information content (AvgIpc) is 2.55. The Kier molecular flexibility index (Phi) is 4.89. The minimum Gasteiger partial charge on any atom is -0.383 e. The molecule has 1 unspecified atom stereocenters. The Labute approximate surface area is 97.2 Å². The zero-order chi connectivity index (χ0) is 12.1. The molecule has 0 bridgehead atoms. The van der Waals surface area contributed by atoms with Crippen LogP contribution in [0.5, 0.6) is 0 Å². The third-order valence-corrected chi connectivity index (χ3v) is 2.86. The van der Waals surface area contributed by atoms with Crippen molar-refractivity contribution in [1.82, 2.24) is 20.1 Å². The number of methoxy groups -OCH3 is 1. The molecule has 0 aliphatic rings. The van der Waals surface area contributed by atoms with Crippen LogP contribution in [0.15, 0.2) is 0 Å². The van der Waals surface area contributed by atoms with E-state index in [9.17, 15) is 0 Å². The van der Waals surface area contributed by atoms with Crippen LogP contribution in [0.25, 0.3) is 0 Å². The molecule has 1 heterocycles. The molecule has 0 fully saturated rings. The molecule has 0 amide bonds. The van der Waals surface area contributed by atoms with Crippen LogP contribution in [0.3, 0.4) is 0 Å². The Hall–Kier alpha value is -0.940. The van der Waals surface area contributed by atoms with Crippen molar-refractivity contribution >= 4 is 0 Å². The SMILES string of the molecule is COCC(NCc1nnc(C)n1C)C(C)C. The Morgan fingerprint density at radius 3 is 2.50 bits per heavy atom. The number of rotatable bonds is 6. The fourth-order valence-electron chi connectivity index (χ4n) is 1.49. The topological polar surface area (TPSA) is 52.0 Å². The van der Waals surface area contributed by atoms with Crippen molar-refractivity contribution in [2.75, 3.05) is 13.7 Å². The molecule has 1 aromatic heterocycles. The van der Waals surface area contributed by atoms with Crippen LogP contribution in [0, 0.1) is 12.8 Å². The Morgan fingerprint density at radius 1 is 1.38 bits per heavy atom. The van der Waals surface area contributed by atoms with Gasteiger partial charge in [-0.15, -0.1) is 10.2 Å². The van der Waals surface area contributed by atoms with Crippen molar-refractivity contribution in [2.24, 2.45) is 13.0 Å². The van der Waals surface area contributed by atoms with E-state index >= 15 is 0 Å². The molecular weight excluding hydrogens is 204 g/mol. The smallest absolute Gasteiger partial charge is 0.146 e. The highest BCUT2D eigenvalue weighted by Gasteiger charge is 2.13. The maximum absolute atomic E-state index is 5.18. The summed E-state index contributed by atoms with van der Waals surface area (Å²) < 4.78 is 7.18. The molecule has 1 N–H and O–H groups in total. The number of hydrogen-bond acceptors (Lipinski definition) is 4. The van der Waals surface area contributed by atoms with E-state index in [-0.39, 0.29) is 0 Å². The summed E-state index contributed by atoms with van der Waals surface area (Å²) in [5.41, 5.74) is 0. The Morgan fingerprint density at radius 2 is 2.06 bits per heavy atom. The van der Waals surface area contributed by atoms with Gasteiger partial charge in [0.05, 0.1) is 13.2 Å². The van der Waals surface area contributed by atoms with Gasteiger partial charge in [-0.05, 0) is 12.8 Å². The van der Waals surface area contributed by atoms with Crippen molar-refractivity contribution in [3.05, 3.63) is 11.6 Å². The van der Waals surface area contributed by atoms with Crippen LogP contribution in [-0.4, -0.2) is 34.5 Å². The van der Waals surface area contributed by atoms with Gasteiger partial charge in [-0.1, -0.05) is 13.8 Å². The van der Waals surface area contributed by atoms with Crippen LogP contribution < -0.4 is 5.32 Å². The van der Waals surface area contributed by atoms with E-state index in [1.54, 1.807) is 7.11 Å². The summed E-state index contributed by atoms with van der Waals surface area (Å²) >= 11 is 0. The maximum Gasteiger partial charge on any atom is 0.146 e. The lowest BCUT2D eigenvalue weighted by atomic mass is 10.1. The van der Waals surface area contributed by atoms with Gasteiger partial charge in [0, 0.05) is 20.2 Å². The molecule has 1 atom stereocenters. The number of aromatic nitrogens is 3. The van der Waals surface area contributed by atoms with Crippen LogP contribution >= 0.6 is 0 Å². The fraction of sp³-hybridized carbons (Fsp3) is 0.818. The maximum atomic E-state index is 5.18. The van der Waals surface area contributed by atoms with Crippen LogP contribution in [0.2, 0.25) is 0 Å². The second-order valence-corrected chi connectivity index (χ2v) is 4.41. The number of hydrogen-bond donors (Lipinski definition) is 1. The van der Waals surface area contributed by atoms with Crippen LogP contribution in [0.1, 0.15) is 25.5 Å². The van der Waals surface area contributed by atoms with E-state index in [1.165, 1.54) is 0 Å². The molecule has 1 rings (SSSR count). The lowest BCUT2D eigenvalue weighted by molar-refractivity contribution is 0.146. The van der Waals surface area contributed by atoms with E-state index < -0.39 is 0 Å². The van der Waals surface area contributed by atoms with Crippen LogP contribution in [-0.2, 0) is 18.3 Å². The highest BCUT2D eigenvalue weighted by atomic mass is 16.5. The van der Waals surface area contributed by atoms with E-state index in [2.05, 4.69) is 29.4 Å². The fourth-order valence-corrected chi connectivity index (χ4v) is 1.49. The van der Waals surface area contributed by atoms with Crippen LogP contribution in [0.4, 0.5) is 0 Å². The molecule has 1 aromatic rings. The van der Waals surface area contributed by atoms with Gasteiger partial charge in [0.2, 0.25) is 0 Å². The summed E-state index contributed by atoms with van der Waals surface area (Å²) in [5.74, 6) is 2.43. The minimum atomic E-state index is 0.349. The number of ether oxygens (including phenoxy) is 1. The molecule has 5 nitrogen and oxygen atoms in total. The van der Waals surface area contributed by atoms with Crippen molar-refractivity contribution in [3.8, 4) is 0 Å². The molecule has 0 radical (unpaired) electrons. The molecule has 92 valence electrons. The second-order valence-electron chi connectivity index (χ2n) is 4.41. The molecular formula is C11H22N4O. The normalized spacial score (nSPS) is 13.4. The molecule has 0 aliphatic heterocycles. The first-order chi connectivity index (χ1) is 7.56. The molecule has 0 spiro atoms. The van der Waals surface area contributed by atoms with E-state index in [4.69, 9.17) is 4.74 Å². The first kappa shape index (κ1) is 13.1. The summed E-state index contributed by atoms with van der Waals surface area (Å²) in [4.78, 5) is 0. The third kappa shape index (κ3) is 3.28. The molecule has 5 heteroatoms. The number of nitrogens with zero attached hydrogens (tertiary/aromatic N) is 3. The van der Waals surface area contributed by atoms with E-state index in [0.717, 1.165) is 18.2 Å². The molecule has 0 aliphatic carbocycles. The van der Waals surface area contributed by atoms with Gasteiger partial charge in [0.1, 0.15) is 11.6 Å². The number of nitrogens with one attached hydrogen (secondary N) is 1. The first-order valence-electron chi connectivity index (χ1n) is 5.63. The van der Waals surface area contributed by atoms with Crippen molar-refractivity contribution in [1.29, 1.82) is 0 Å².